The van der Waals surface area contributed by atoms with Gasteiger partial charge in [-0.1, -0.05) is 30.7 Å². The first kappa shape index (κ1) is 14.6. The zero-order valence-corrected chi connectivity index (χ0v) is 13.7. The van der Waals surface area contributed by atoms with Crippen LogP contribution < -0.4 is 5.73 Å². The monoisotopic (exact) mass is 327 g/mol. The van der Waals surface area contributed by atoms with Crippen molar-refractivity contribution in [1.29, 1.82) is 0 Å². The van der Waals surface area contributed by atoms with Crippen LogP contribution in [0.25, 0.3) is 11.0 Å². The number of thioether (sulfide) groups is 2. The van der Waals surface area contributed by atoms with Crippen LogP contribution in [-0.4, -0.2) is 22.0 Å². The molecular formula is C15H18ClNOS2. The van der Waals surface area contributed by atoms with Gasteiger partial charge in [0.15, 0.2) is 5.58 Å². The van der Waals surface area contributed by atoms with E-state index >= 15 is 0 Å². The van der Waals surface area contributed by atoms with Gasteiger partial charge < -0.3 is 10.2 Å². The highest BCUT2D eigenvalue weighted by molar-refractivity contribution is 8.07. The van der Waals surface area contributed by atoms with Gasteiger partial charge in [0.25, 0.3) is 0 Å². The fraction of sp³-hybridized carbons (Fsp3) is 0.467. The lowest BCUT2D eigenvalue weighted by atomic mass is 10.1. The molecule has 3 atom stereocenters. The van der Waals surface area contributed by atoms with Crippen LogP contribution in [0.15, 0.2) is 28.7 Å². The lowest BCUT2D eigenvalue weighted by Gasteiger charge is -2.33. The number of rotatable bonds is 3. The minimum Gasteiger partial charge on any atom is -0.458 e. The molecule has 2 heterocycles. The van der Waals surface area contributed by atoms with E-state index in [9.17, 15) is 0 Å². The van der Waals surface area contributed by atoms with Crippen LogP contribution in [0.5, 0.6) is 0 Å². The molecule has 2 aromatic rings. The summed E-state index contributed by atoms with van der Waals surface area (Å²) in [5.74, 6) is 3.24. The Morgan fingerprint density at radius 3 is 2.95 bits per heavy atom. The SMILES string of the molecule is CCC1SCCSC1C(N)c1cc2cccc(Cl)c2o1. The summed E-state index contributed by atoms with van der Waals surface area (Å²) in [6.07, 6.45) is 1.15. The number of furan rings is 1. The highest BCUT2D eigenvalue weighted by Crippen LogP contribution is 2.40. The average molecular weight is 328 g/mol. The second-order valence-electron chi connectivity index (χ2n) is 4.99. The summed E-state index contributed by atoms with van der Waals surface area (Å²) in [5.41, 5.74) is 7.23. The lowest BCUT2D eigenvalue weighted by Crippen LogP contribution is -2.35. The van der Waals surface area contributed by atoms with Crippen molar-refractivity contribution in [2.45, 2.75) is 29.9 Å². The zero-order chi connectivity index (χ0) is 14.1. The fourth-order valence-corrected chi connectivity index (χ4v) is 6.02. The van der Waals surface area contributed by atoms with Crippen LogP contribution >= 0.6 is 35.1 Å². The summed E-state index contributed by atoms with van der Waals surface area (Å²) in [4.78, 5) is 0. The third-order valence-corrected chi connectivity index (χ3v) is 7.36. The zero-order valence-electron chi connectivity index (χ0n) is 11.3. The van der Waals surface area contributed by atoms with Crippen LogP contribution in [0.4, 0.5) is 0 Å². The topological polar surface area (TPSA) is 39.2 Å². The quantitative estimate of drug-likeness (QED) is 0.885. The largest absolute Gasteiger partial charge is 0.458 e. The van der Waals surface area contributed by atoms with Gasteiger partial charge in [0.1, 0.15) is 5.76 Å². The molecule has 1 saturated heterocycles. The van der Waals surface area contributed by atoms with Gasteiger partial charge in [0.2, 0.25) is 0 Å². The number of hydrogen-bond donors (Lipinski definition) is 1. The molecule has 1 aromatic heterocycles. The predicted molar refractivity (Wildman–Crippen MR) is 90.9 cm³/mol. The van der Waals surface area contributed by atoms with Gasteiger partial charge in [0.05, 0.1) is 11.1 Å². The standard InChI is InChI=1S/C15H18ClNOS2/c1-2-12-15(20-7-6-19-12)13(17)11-8-9-4-3-5-10(16)14(9)18-11/h3-5,8,12-13,15H,2,6-7,17H2,1H3. The molecule has 20 heavy (non-hydrogen) atoms. The van der Waals surface area contributed by atoms with E-state index in [0.29, 0.717) is 15.5 Å². The van der Waals surface area contributed by atoms with Gasteiger partial charge in [0, 0.05) is 27.4 Å². The number of hydrogen-bond acceptors (Lipinski definition) is 4. The van der Waals surface area contributed by atoms with Gasteiger partial charge in [-0.25, -0.2) is 0 Å². The lowest BCUT2D eigenvalue weighted by molar-refractivity contribution is 0.478. The van der Waals surface area contributed by atoms with Crippen molar-refractivity contribution in [1.82, 2.24) is 0 Å². The first-order valence-corrected chi connectivity index (χ1v) is 9.35. The van der Waals surface area contributed by atoms with Gasteiger partial charge in [-0.15, -0.1) is 0 Å². The second-order valence-corrected chi connectivity index (χ2v) is 8.03. The highest BCUT2D eigenvalue weighted by Gasteiger charge is 2.32. The maximum absolute atomic E-state index is 6.48. The molecule has 0 saturated carbocycles. The molecule has 0 bridgehead atoms. The molecule has 0 aliphatic carbocycles. The Bertz CT molecular complexity index is 601. The summed E-state index contributed by atoms with van der Waals surface area (Å²) in [7, 11) is 0. The van der Waals surface area contributed by atoms with E-state index in [0.717, 1.165) is 23.2 Å². The Morgan fingerprint density at radius 1 is 1.40 bits per heavy atom. The van der Waals surface area contributed by atoms with Crippen LogP contribution in [0, 0.1) is 0 Å². The van der Waals surface area contributed by atoms with Crippen molar-refractivity contribution in [2.24, 2.45) is 5.73 Å². The first-order valence-electron chi connectivity index (χ1n) is 6.87. The molecule has 1 aromatic carbocycles. The van der Waals surface area contributed by atoms with Crippen molar-refractivity contribution in [3.63, 3.8) is 0 Å². The van der Waals surface area contributed by atoms with Crippen molar-refractivity contribution >= 4 is 46.1 Å². The van der Waals surface area contributed by atoms with E-state index in [1.165, 1.54) is 11.5 Å². The molecule has 1 aliphatic heterocycles. The van der Waals surface area contributed by atoms with Crippen molar-refractivity contribution in [3.05, 3.63) is 35.0 Å². The normalized spacial score (nSPS) is 24.9. The van der Waals surface area contributed by atoms with Gasteiger partial charge in [-0.05, 0) is 18.6 Å². The average Bonchev–Trinajstić information content (AvgIpc) is 2.92. The molecule has 3 unspecified atom stereocenters. The molecule has 108 valence electrons. The van der Waals surface area contributed by atoms with E-state index in [1.807, 2.05) is 47.8 Å². The Morgan fingerprint density at radius 2 is 2.20 bits per heavy atom. The third-order valence-electron chi connectivity index (χ3n) is 3.69. The number of nitrogens with two attached hydrogens (primary N) is 1. The number of benzene rings is 1. The Balaban J connectivity index is 1.91. The summed E-state index contributed by atoms with van der Waals surface area (Å²) in [5, 5.41) is 2.70. The molecule has 1 fully saturated rings. The Labute approximate surface area is 132 Å². The number of halogens is 1. The molecule has 3 rings (SSSR count). The van der Waals surface area contributed by atoms with E-state index in [-0.39, 0.29) is 6.04 Å². The summed E-state index contributed by atoms with van der Waals surface area (Å²) in [6, 6.07) is 7.78. The number of fused-ring (bicyclic) bond motifs is 1. The predicted octanol–water partition coefficient (Wildman–Crippen LogP) is 4.71. The maximum Gasteiger partial charge on any atom is 0.152 e. The van der Waals surface area contributed by atoms with Gasteiger partial charge >= 0.3 is 0 Å². The van der Waals surface area contributed by atoms with Crippen LogP contribution in [0.1, 0.15) is 25.1 Å². The molecule has 0 amide bonds. The van der Waals surface area contributed by atoms with E-state index in [1.54, 1.807) is 0 Å². The molecule has 0 spiro atoms. The van der Waals surface area contributed by atoms with Crippen molar-refractivity contribution < 1.29 is 4.42 Å². The summed E-state index contributed by atoms with van der Waals surface area (Å²) in [6.45, 7) is 2.23. The van der Waals surface area contributed by atoms with Crippen molar-refractivity contribution in [2.75, 3.05) is 11.5 Å². The third kappa shape index (κ3) is 2.71. The van der Waals surface area contributed by atoms with Gasteiger partial charge in [-0.2, -0.15) is 23.5 Å². The minimum atomic E-state index is -0.0683. The van der Waals surface area contributed by atoms with Crippen LogP contribution in [0.3, 0.4) is 0 Å². The van der Waals surface area contributed by atoms with Crippen LogP contribution in [-0.2, 0) is 0 Å². The fourth-order valence-electron chi connectivity index (χ4n) is 2.64. The molecule has 0 radical (unpaired) electrons. The second kappa shape index (κ2) is 6.22. The molecule has 1 aliphatic rings. The first-order chi connectivity index (χ1) is 9.70. The number of para-hydroxylation sites is 1. The smallest absolute Gasteiger partial charge is 0.152 e. The minimum absolute atomic E-state index is 0.0683. The van der Waals surface area contributed by atoms with Crippen molar-refractivity contribution in [3.8, 4) is 0 Å². The van der Waals surface area contributed by atoms with E-state index < -0.39 is 0 Å². The maximum atomic E-state index is 6.48. The Kier molecular flexibility index (Phi) is 4.55. The van der Waals surface area contributed by atoms with E-state index in [4.69, 9.17) is 21.8 Å². The molecule has 2 N–H and O–H groups in total. The van der Waals surface area contributed by atoms with E-state index in [2.05, 4.69) is 6.92 Å². The highest BCUT2D eigenvalue weighted by atomic mass is 35.5. The Hall–Kier alpha value is -0.290. The summed E-state index contributed by atoms with van der Waals surface area (Å²) < 4.78 is 5.93. The molecular weight excluding hydrogens is 310 g/mol. The van der Waals surface area contributed by atoms with Crippen LogP contribution in [0.2, 0.25) is 5.02 Å². The summed E-state index contributed by atoms with van der Waals surface area (Å²) >= 11 is 10.2. The molecule has 2 nitrogen and oxygen atoms in total. The van der Waals surface area contributed by atoms with Gasteiger partial charge in [-0.3, -0.25) is 0 Å². The molecule has 5 heteroatoms.